The van der Waals surface area contributed by atoms with Crippen LogP contribution in [0.3, 0.4) is 0 Å². The third-order valence-corrected chi connectivity index (χ3v) is 5.53. The third-order valence-electron chi connectivity index (χ3n) is 5.53. The van der Waals surface area contributed by atoms with Crippen molar-refractivity contribution in [1.29, 1.82) is 0 Å². The van der Waals surface area contributed by atoms with Crippen LogP contribution in [0.2, 0.25) is 0 Å². The highest BCUT2D eigenvalue weighted by atomic mass is 16.5. The molecule has 5 nitrogen and oxygen atoms in total. The molecule has 0 spiro atoms. The zero-order valence-corrected chi connectivity index (χ0v) is 17.3. The van der Waals surface area contributed by atoms with Crippen molar-refractivity contribution >= 4 is 5.96 Å². The second-order valence-corrected chi connectivity index (χ2v) is 8.13. The van der Waals surface area contributed by atoms with E-state index in [1.807, 2.05) is 7.05 Å². The largest absolute Gasteiger partial charge is 0.493 e. The summed E-state index contributed by atoms with van der Waals surface area (Å²) in [5.74, 6) is 3.36. The van der Waals surface area contributed by atoms with Crippen LogP contribution in [-0.2, 0) is 6.54 Å². The monoisotopic (exact) mass is 372 g/mol. The molecule has 3 rings (SSSR count). The molecule has 2 aliphatic rings. The Balaban J connectivity index is 1.46. The first-order valence-electron chi connectivity index (χ1n) is 10.6. The Kier molecular flexibility index (Phi) is 7.39. The highest BCUT2D eigenvalue weighted by molar-refractivity contribution is 5.79. The summed E-state index contributed by atoms with van der Waals surface area (Å²) >= 11 is 0. The fraction of sp³-hybridized carbons (Fsp3) is 0.682. The van der Waals surface area contributed by atoms with Crippen molar-refractivity contribution in [1.82, 2.24) is 15.5 Å². The van der Waals surface area contributed by atoms with Crippen LogP contribution < -0.4 is 15.4 Å². The average Bonchev–Trinajstić information content (AvgIpc) is 3.40. The Morgan fingerprint density at radius 2 is 2.07 bits per heavy atom. The summed E-state index contributed by atoms with van der Waals surface area (Å²) in [6.07, 6.45) is 5.14. The van der Waals surface area contributed by atoms with E-state index >= 15 is 0 Å². The van der Waals surface area contributed by atoms with Crippen molar-refractivity contribution in [2.75, 3.05) is 39.8 Å². The topological polar surface area (TPSA) is 48.9 Å². The van der Waals surface area contributed by atoms with Crippen LogP contribution in [0.4, 0.5) is 0 Å². The number of hydrogen-bond donors (Lipinski definition) is 2. The zero-order valence-electron chi connectivity index (χ0n) is 17.3. The number of ether oxygens (including phenoxy) is 1. The van der Waals surface area contributed by atoms with Gasteiger partial charge in [0.2, 0.25) is 0 Å². The molecule has 150 valence electrons. The van der Waals surface area contributed by atoms with Gasteiger partial charge in [0.1, 0.15) is 5.75 Å². The Morgan fingerprint density at radius 1 is 1.22 bits per heavy atom. The number of guanidine groups is 1. The van der Waals surface area contributed by atoms with Gasteiger partial charge in [-0.25, -0.2) is 0 Å². The lowest BCUT2D eigenvalue weighted by atomic mass is 10.1. The SMILES string of the molecule is CCCN1CCC(CNC(=NC)NCc2ccc(C)cc2OCC2CC2)C1. The first kappa shape index (κ1) is 20.0. The predicted octanol–water partition coefficient (Wildman–Crippen LogP) is 3.18. The molecular weight excluding hydrogens is 336 g/mol. The van der Waals surface area contributed by atoms with Gasteiger partial charge in [-0.05, 0) is 69.2 Å². The molecule has 0 aromatic heterocycles. The second-order valence-electron chi connectivity index (χ2n) is 8.13. The fourth-order valence-electron chi connectivity index (χ4n) is 3.67. The van der Waals surface area contributed by atoms with E-state index in [-0.39, 0.29) is 0 Å². The van der Waals surface area contributed by atoms with Gasteiger partial charge in [0, 0.05) is 32.2 Å². The Labute approximate surface area is 164 Å². The van der Waals surface area contributed by atoms with E-state index in [0.717, 1.165) is 37.3 Å². The Morgan fingerprint density at radius 3 is 2.81 bits per heavy atom. The summed E-state index contributed by atoms with van der Waals surface area (Å²) < 4.78 is 6.08. The number of likely N-dealkylation sites (tertiary alicyclic amines) is 1. The predicted molar refractivity (Wildman–Crippen MR) is 112 cm³/mol. The minimum Gasteiger partial charge on any atom is -0.493 e. The molecule has 1 saturated carbocycles. The quantitative estimate of drug-likeness (QED) is 0.516. The molecule has 1 aromatic carbocycles. The summed E-state index contributed by atoms with van der Waals surface area (Å²) in [6.45, 7) is 10.6. The molecule has 0 radical (unpaired) electrons. The summed E-state index contributed by atoms with van der Waals surface area (Å²) in [5, 5.41) is 6.96. The molecule has 0 amide bonds. The van der Waals surface area contributed by atoms with Crippen LogP contribution in [0.5, 0.6) is 5.75 Å². The minimum absolute atomic E-state index is 0.715. The molecule has 1 aliphatic carbocycles. The molecule has 5 heteroatoms. The molecule has 2 N–H and O–H groups in total. The van der Waals surface area contributed by atoms with Gasteiger partial charge in [-0.15, -0.1) is 0 Å². The van der Waals surface area contributed by atoms with Crippen LogP contribution >= 0.6 is 0 Å². The molecule has 1 saturated heterocycles. The summed E-state index contributed by atoms with van der Waals surface area (Å²) in [5.41, 5.74) is 2.43. The standard InChI is InChI=1S/C22H36N4O/c1-4-10-26-11-9-19(15-26)13-24-22(23-3)25-14-20-8-5-17(2)12-21(20)27-16-18-6-7-18/h5,8,12,18-19H,4,6-7,9-11,13-16H2,1-3H3,(H2,23,24,25). The van der Waals surface area contributed by atoms with Crippen molar-refractivity contribution in [3.05, 3.63) is 29.3 Å². The van der Waals surface area contributed by atoms with Crippen molar-refractivity contribution in [2.24, 2.45) is 16.8 Å². The van der Waals surface area contributed by atoms with E-state index in [1.54, 1.807) is 0 Å². The fourth-order valence-corrected chi connectivity index (χ4v) is 3.67. The molecule has 2 fully saturated rings. The Bertz CT molecular complexity index is 627. The zero-order chi connectivity index (χ0) is 19.1. The lowest BCUT2D eigenvalue weighted by molar-refractivity contribution is 0.296. The van der Waals surface area contributed by atoms with E-state index in [4.69, 9.17) is 4.74 Å². The van der Waals surface area contributed by atoms with Gasteiger partial charge < -0.3 is 20.3 Å². The Hall–Kier alpha value is -1.75. The van der Waals surface area contributed by atoms with Crippen LogP contribution in [0, 0.1) is 18.8 Å². The van der Waals surface area contributed by atoms with Crippen LogP contribution in [-0.4, -0.2) is 50.7 Å². The van der Waals surface area contributed by atoms with Crippen LogP contribution in [0.25, 0.3) is 0 Å². The van der Waals surface area contributed by atoms with E-state index in [1.165, 1.54) is 56.4 Å². The maximum absolute atomic E-state index is 6.08. The van der Waals surface area contributed by atoms with E-state index < -0.39 is 0 Å². The third kappa shape index (κ3) is 6.42. The summed E-state index contributed by atoms with van der Waals surface area (Å²) in [6, 6.07) is 6.46. The molecule has 1 atom stereocenters. The van der Waals surface area contributed by atoms with E-state index in [0.29, 0.717) is 5.92 Å². The summed E-state index contributed by atoms with van der Waals surface area (Å²) in [4.78, 5) is 6.96. The molecule has 1 aliphatic heterocycles. The molecular formula is C22H36N4O. The van der Waals surface area contributed by atoms with Crippen molar-refractivity contribution in [3.63, 3.8) is 0 Å². The van der Waals surface area contributed by atoms with Crippen molar-refractivity contribution < 1.29 is 4.74 Å². The first-order chi connectivity index (χ1) is 13.2. The second kappa shape index (κ2) is 9.98. The molecule has 1 heterocycles. The van der Waals surface area contributed by atoms with Crippen molar-refractivity contribution in [3.8, 4) is 5.75 Å². The number of rotatable bonds is 9. The number of aryl methyl sites for hydroxylation is 1. The van der Waals surface area contributed by atoms with Gasteiger partial charge >= 0.3 is 0 Å². The maximum atomic E-state index is 6.08. The number of aliphatic imine (C=N–C) groups is 1. The maximum Gasteiger partial charge on any atom is 0.191 e. The first-order valence-corrected chi connectivity index (χ1v) is 10.6. The summed E-state index contributed by atoms with van der Waals surface area (Å²) in [7, 11) is 1.84. The number of hydrogen-bond acceptors (Lipinski definition) is 3. The minimum atomic E-state index is 0.715. The molecule has 1 aromatic rings. The van der Waals surface area contributed by atoms with E-state index in [9.17, 15) is 0 Å². The van der Waals surface area contributed by atoms with Crippen LogP contribution in [0.15, 0.2) is 23.2 Å². The van der Waals surface area contributed by atoms with Gasteiger partial charge in [0.05, 0.1) is 6.61 Å². The van der Waals surface area contributed by atoms with Gasteiger partial charge in [-0.3, -0.25) is 4.99 Å². The van der Waals surface area contributed by atoms with Gasteiger partial charge in [0.25, 0.3) is 0 Å². The normalized spacial score (nSPS) is 20.7. The molecule has 1 unspecified atom stereocenters. The average molecular weight is 373 g/mol. The number of nitrogens with one attached hydrogen (secondary N) is 2. The number of benzene rings is 1. The highest BCUT2D eigenvalue weighted by Gasteiger charge is 2.23. The van der Waals surface area contributed by atoms with E-state index in [2.05, 4.69) is 52.6 Å². The van der Waals surface area contributed by atoms with Crippen LogP contribution in [0.1, 0.15) is 43.7 Å². The molecule has 27 heavy (non-hydrogen) atoms. The number of nitrogens with zero attached hydrogens (tertiary/aromatic N) is 2. The lowest BCUT2D eigenvalue weighted by Gasteiger charge is -2.18. The molecule has 0 bridgehead atoms. The van der Waals surface area contributed by atoms with Crippen molar-refractivity contribution in [2.45, 2.75) is 46.1 Å². The van der Waals surface area contributed by atoms with Gasteiger partial charge in [-0.2, -0.15) is 0 Å². The highest BCUT2D eigenvalue weighted by Crippen LogP contribution is 2.30. The smallest absolute Gasteiger partial charge is 0.191 e. The lowest BCUT2D eigenvalue weighted by Crippen LogP contribution is -2.40. The van der Waals surface area contributed by atoms with Gasteiger partial charge in [0.15, 0.2) is 5.96 Å². The van der Waals surface area contributed by atoms with Gasteiger partial charge in [-0.1, -0.05) is 19.1 Å².